The molecule has 0 amide bonds. The number of nitrogen functional groups attached to an aromatic ring is 1. The van der Waals surface area contributed by atoms with Gasteiger partial charge in [0.2, 0.25) is 5.82 Å². The second-order valence-corrected chi connectivity index (χ2v) is 5.21. The second-order valence-electron chi connectivity index (χ2n) is 5.21. The standard InChI is InChI=1S/C11H13N9O4/c12-8-4-5(9-15-18-19-16-9)17-20(10(4)14-2-13-8)11-7(23)6(22)3(1-21)24-11/h2-3,6-7,11,21-23H,1H2,(H2,12,13,14)(H,15,16,18,19)/t3-,6-,7-,11-/m1/s1. The van der Waals surface area contributed by atoms with Gasteiger partial charge >= 0.3 is 0 Å². The number of fused-ring (bicyclic) bond motifs is 1. The zero-order valence-electron chi connectivity index (χ0n) is 12.1. The number of nitrogens with one attached hydrogen (secondary N) is 1. The Bertz CT molecular complexity index is 866. The van der Waals surface area contributed by atoms with E-state index in [1.54, 1.807) is 0 Å². The lowest BCUT2D eigenvalue weighted by atomic mass is 10.1. The fourth-order valence-electron chi connectivity index (χ4n) is 2.67. The van der Waals surface area contributed by atoms with Crippen molar-refractivity contribution in [2.24, 2.45) is 0 Å². The zero-order chi connectivity index (χ0) is 16.8. The summed E-state index contributed by atoms with van der Waals surface area (Å²) in [5, 5.41) is 47.5. The molecule has 1 aliphatic rings. The van der Waals surface area contributed by atoms with Crippen LogP contribution in [0.25, 0.3) is 22.6 Å². The van der Waals surface area contributed by atoms with Gasteiger partial charge in [-0.1, -0.05) is 0 Å². The van der Waals surface area contributed by atoms with E-state index in [0.29, 0.717) is 5.39 Å². The first-order valence-corrected chi connectivity index (χ1v) is 6.96. The normalized spacial score (nSPS) is 27.1. The fourth-order valence-corrected chi connectivity index (χ4v) is 2.67. The van der Waals surface area contributed by atoms with E-state index in [0.717, 1.165) is 0 Å². The van der Waals surface area contributed by atoms with Gasteiger partial charge in [0.1, 0.15) is 36.2 Å². The van der Waals surface area contributed by atoms with Crippen LogP contribution in [-0.4, -0.2) is 80.6 Å². The lowest BCUT2D eigenvalue weighted by Crippen LogP contribution is -2.33. The van der Waals surface area contributed by atoms with Crippen molar-refractivity contribution in [2.75, 3.05) is 12.3 Å². The van der Waals surface area contributed by atoms with Crippen molar-refractivity contribution in [1.29, 1.82) is 0 Å². The largest absolute Gasteiger partial charge is 0.394 e. The third-order valence-corrected chi connectivity index (χ3v) is 3.83. The summed E-state index contributed by atoms with van der Waals surface area (Å²) < 4.78 is 6.74. The number of rotatable bonds is 3. The Morgan fingerprint density at radius 1 is 1.29 bits per heavy atom. The summed E-state index contributed by atoms with van der Waals surface area (Å²) >= 11 is 0. The molecule has 3 aromatic heterocycles. The Morgan fingerprint density at radius 3 is 2.79 bits per heavy atom. The number of aliphatic hydroxyl groups is 3. The number of nitrogens with zero attached hydrogens (tertiary/aromatic N) is 7. The van der Waals surface area contributed by atoms with Crippen LogP contribution >= 0.6 is 0 Å². The van der Waals surface area contributed by atoms with Crippen molar-refractivity contribution >= 4 is 16.9 Å². The average molecular weight is 335 g/mol. The van der Waals surface area contributed by atoms with Gasteiger partial charge in [-0.25, -0.2) is 14.6 Å². The van der Waals surface area contributed by atoms with Crippen LogP contribution in [-0.2, 0) is 4.74 Å². The van der Waals surface area contributed by atoms with Crippen LogP contribution in [0.1, 0.15) is 6.23 Å². The summed E-state index contributed by atoms with van der Waals surface area (Å²) in [6.07, 6.45) is -3.38. The molecule has 0 bridgehead atoms. The van der Waals surface area contributed by atoms with Gasteiger partial charge in [-0.15, -0.1) is 10.2 Å². The van der Waals surface area contributed by atoms with Crippen molar-refractivity contribution in [2.45, 2.75) is 24.5 Å². The molecule has 1 saturated heterocycles. The Labute approximate surface area is 133 Å². The highest BCUT2D eigenvalue weighted by atomic mass is 16.6. The highest BCUT2D eigenvalue weighted by Gasteiger charge is 2.45. The van der Waals surface area contributed by atoms with Gasteiger partial charge in [-0.05, 0) is 5.21 Å². The molecule has 4 rings (SSSR count). The van der Waals surface area contributed by atoms with E-state index in [9.17, 15) is 15.3 Å². The fraction of sp³-hybridized carbons (Fsp3) is 0.455. The van der Waals surface area contributed by atoms with Crippen LogP contribution in [0.3, 0.4) is 0 Å². The summed E-state index contributed by atoms with van der Waals surface area (Å²) in [5.74, 6) is 0.296. The molecule has 1 aliphatic heterocycles. The lowest BCUT2D eigenvalue weighted by Gasteiger charge is -2.15. The molecule has 13 nitrogen and oxygen atoms in total. The van der Waals surface area contributed by atoms with Crippen molar-refractivity contribution in [1.82, 2.24) is 40.4 Å². The first kappa shape index (κ1) is 14.8. The molecule has 0 saturated carbocycles. The summed E-state index contributed by atoms with van der Waals surface area (Å²) in [4.78, 5) is 8.03. The summed E-state index contributed by atoms with van der Waals surface area (Å²) in [5.41, 5.74) is 6.41. The molecular formula is C11H13N9O4. The Balaban J connectivity index is 1.90. The molecular weight excluding hydrogens is 322 g/mol. The number of anilines is 1. The SMILES string of the molecule is Nc1ncnc2c1c(-c1nn[nH]n1)nn2[C@@H]1O[C@H](CO)[C@@H](O)[C@H]1O. The molecule has 0 unspecified atom stereocenters. The number of hydrogen-bond acceptors (Lipinski definition) is 11. The Kier molecular flexibility index (Phi) is 3.34. The van der Waals surface area contributed by atoms with Crippen molar-refractivity contribution < 1.29 is 20.1 Å². The molecule has 4 atom stereocenters. The van der Waals surface area contributed by atoms with Gasteiger partial charge in [-0.3, -0.25) is 0 Å². The number of nitrogens with two attached hydrogens (primary N) is 1. The first-order chi connectivity index (χ1) is 11.6. The average Bonchev–Trinajstić information content (AvgIpc) is 3.28. The molecule has 0 spiro atoms. The van der Waals surface area contributed by atoms with Crippen LogP contribution in [0.4, 0.5) is 5.82 Å². The molecule has 13 heteroatoms. The first-order valence-electron chi connectivity index (χ1n) is 6.96. The molecule has 4 heterocycles. The van der Waals surface area contributed by atoms with E-state index in [2.05, 4.69) is 35.7 Å². The van der Waals surface area contributed by atoms with E-state index in [4.69, 9.17) is 10.5 Å². The van der Waals surface area contributed by atoms with Gasteiger partial charge in [-0.2, -0.15) is 10.3 Å². The minimum absolute atomic E-state index is 0.137. The summed E-state index contributed by atoms with van der Waals surface area (Å²) in [6.45, 7) is -0.456. The summed E-state index contributed by atoms with van der Waals surface area (Å²) in [6, 6.07) is 0. The number of ether oxygens (including phenoxy) is 1. The Morgan fingerprint density at radius 2 is 2.12 bits per heavy atom. The number of aromatic amines is 1. The minimum atomic E-state index is -1.32. The van der Waals surface area contributed by atoms with Crippen molar-refractivity contribution in [3.05, 3.63) is 6.33 Å². The van der Waals surface area contributed by atoms with E-state index < -0.39 is 31.1 Å². The van der Waals surface area contributed by atoms with Crippen molar-refractivity contribution in [3.8, 4) is 11.5 Å². The number of hydrogen-bond donors (Lipinski definition) is 5. The Hall–Kier alpha value is -2.74. The van der Waals surface area contributed by atoms with Crippen LogP contribution in [0.2, 0.25) is 0 Å². The van der Waals surface area contributed by atoms with Gasteiger partial charge < -0.3 is 25.8 Å². The molecule has 0 aliphatic carbocycles. The number of aromatic nitrogens is 8. The van der Waals surface area contributed by atoms with Crippen LogP contribution in [0.5, 0.6) is 0 Å². The highest BCUT2D eigenvalue weighted by molar-refractivity contribution is 5.96. The van der Waals surface area contributed by atoms with E-state index in [1.165, 1.54) is 11.0 Å². The maximum Gasteiger partial charge on any atom is 0.225 e. The van der Waals surface area contributed by atoms with Crippen LogP contribution < -0.4 is 5.73 Å². The lowest BCUT2D eigenvalue weighted by molar-refractivity contribution is -0.0565. The zero-order valence-corrected chi connectivity index (χ0v) is 12.1. The highest BCUT2D eigenvalue weighted by Crippen LogP contribution is 2.34. The predicted molar refractivity (Wildman–Crippen MR) is 75.9 cm³/mol. The maximum absolute atomic E-state index is 10.2. The van der Waals surface area contributed by atoms with Crippen molar-refractivity contribution in [3.63, 3.8) is 0 Å². The van der Waals surface area contributed by atoms with Gasteiger partial charge in [0.25, 0.3) is 0 Å². The molecule has 0 radical (unpaired) electrons. The molecule has 6 N–H and O–H groups in total. The van der Waals surface area contributed by atoms with Crippen LogP contribution in [0.15, 0.2) is 6.33 Å². The van der Waals surface area contributed by atoms with E-state index in [1.807, 2.05) is 0 Å². The molecule has 126 valence electrons. The second kappa shape index (κ2) is 5.41. The minimum Gasteiger partial charge on any atom is -0.394 e. The van der Waals surface area contributed by atoms with Gasteiger partial charge in [0, 0.05) is 0 Å². The van der Waals surface area contributed by atoms with Crippen LogP contribution in [0, 0.1) is 0 Å². The molecule has 3 aromatic rings. The van der Waals surface area contributed by atoms with Gasteiger partial charge in [0.15, 0.2) is 11.9 Å². The number of tetrazole rings is 1. The third-order valence-electron chi connectivity index (χ3n) is 3.83. The molecule has 0 aromatic carbocycles. The maximum atomic E-state index is 10.2. The number of H-pyrrole nitrogens is 1. The molecule has 24 heavy (non-hydrogen) atoms. The number of aliphatic hydroxyl groups excluding tert-OH is 3. The topological polar surface area (TPSA) is 194 Å². The van der Waals surface area contributed by atoms with Gasteiger partial charge in [0.05, 0.1) is 12.0 Å². The third kappa shape index (κ3) is 2.03. The van der Waals surface area contributed by atoms with E-state index in [-0.39, 0.29) is 23.0 Å². The summed E-state index contributed by atoms with van der Waals surface area (Å²) in [7, 11) is 0. The monoisotopic (exact) mass is 335 g/mol. The molecule has 1 fully saturated rings. The van der Waals surface area contributed by atoms with E-state index >= 15 is 0 Å². The smallest absolute Gasteiger partial charge is 0.225 e. The predicted octanol–water partition coefficient (Wildman–Crippen LogP) is -2.80. The quantitative estimate of drug-likeness (QED) is 0.331.